The van der Waals surface area contributed by atoms with Gasteiger partial charge in [-0.05, 0) is 42.8 Å². The number of nitrogens with one attached hydrogen (secondary N) is 1. The van der Waals surface area contributed by atoms with Crippen LogP contribution in [0.4, 0.5) is 0 Å². The van der Waals surface area contributed by atoms with Crippen LogP contribution in [0.2, 0.25) is 0 Å². The first kappa shape index (κ1) is 20.9. The number of nitrogens with zero attached hydrogens (tertiary/aromatic N) is 1. The zero-order valence-electron chi connectivity index (χ0n) is 16.9. The zero-order chi connectivity index (χ0) is 20.9. The van der Waals surface area contributed by atoms with Gasteiger partial charge in [0.05, 0.1) is 13.2 Å². The Morgan fingerprint density at radius 3 is 2.87 bits per heavy atom. The fourth-order valence-electron chi connectivity index (χ4n) is 3.53. The van der Waals surface area contributed by atoms with E-state index < -0.39 is 0 Å². The standard InChI is InChI=1S/C23H25BrN2O4/c1-16-20-14-18(24)5-6-21(20)30-22(16)23(27)25-15-17-3-2-4-19(13-17)29-12-9-26-7-10-28-11-8-26/h2-6,13-14H,7-12,15H2,1H3,(H,25,27). The van der Waals surface area contributed by atoms with E-state index in [1.807, 2.05) is 49.4 Å². The van der Waals surface area contributed by atoms with Crippen molar-refractivity contribution in [3.8, 4) is 5.75 Å². The molecule has 0 spiro atoms. The van der Waals surface area contributed by atoms with Crippen molar-refractivity contribution in [3.05, 3.63) is 63.8 Å². The number of hydrogen-bond acceptors (Lipinski definition) is 5. The van der Waals surface area contributed by atoms with E-state index in [9.17, 15) is 4.79 Å². The summed E-state index contributed by atoms with van der Waals surface area (Å²) >= 11 is 3.46. The van der Waals surface area contributed by atoms with E-state index in [0.29, 0.717) is 24.5 Å². The van der Waals surface area contributed by atoms with E-state index in [1.165, 1.54) is 0 Å². The Morgan fingerprint density at radius 1 is 1.20 bits per heavy atom. The van der Waals surface area contributed by atoms with Crippen LogP contribution in [0.1, 0.15) is 21.7 Å². The van der Waals surface area contributed by atoms with Gasteiger partial charge in [0.15, 0.2) is 5.76 Å². The lowest BCUT2D eigenvalue weighted by molar-refractivity contribution is 0.0322. The van der Waals surface area contributed by atoms with Gasteiger partial charge in [0, 0.05) is 41.6 Å². The number of amides is 1. The first-order valence-corrected chi connectivity index (χ1v) is 10.9. The number of furan rings is 1. The molecule has 1 aromatic heterocycles. The van der Waals surface area contributed by atoms with Crippen LogP contribution in [0.25, 0.3) is 11.0 Å². The highest BCUT2D eigenvalue weighted by Crippen LogP contribution is 2.28. The highest BCUT2D eigenvalue weighted by molar-refractivity contribution is 9.10. The molecule has 1 N–H and O–H groups in total. The summed E-state index contributed by atoms with van der Waals surface area (Å²) in [5.74, 6) is 0.930. The highest BCUT2D eigenvalue weighted by atomic mass is 79.9. The fourth-order valence-corrected chi connectivity index (χ4v) is 3.90. The highest BCUT2D eigenvalue weighted by Gasteiger charge is 2.17. The molecule has 0 atom stereocenters. The number of carbonyl (C=O) groups is 1. The Balaban J connectivity index is 1.33. The van der Waals surface area contributed by atoms with Crippen LogP contribution in [0.5, 0.6) is 5.75 Å². The van der Waals surface area contributed by atoms with Crippen LogP contribution >= 0.6 is 15.9 Å². The summed E-state index contributed by atoms with van der Waals surface area (Å²) < 4.78 is 18.0. The third-order valence-electron chi connectivity index (χ3n) is 5.24. The minimum absolute atomic E-state index is 0.224. The molecule has 0 bridgehead atoms. The molecule has 0 aliphatic carbocycles. The van der Waals surface area contributed by atoms with Crippen molar-refractivity contribution in [2.24, 2.45) is 0 Å². The second kappa shape index (κ2) is 9.64. The first-order chi connectivity index (χ1) is 14.6. The molecule has 1 saturated heterocycles. The van der Waals surface area contributed by atoms with E-state index in [0.717, 1.165) is 59.6 Å². The predicted molar refractivity (Wildman–Crippen MR) is 119 cm³/mol. The molecule has 0 radical (unpaired) electrons. The van der Waals surface area contributed by atoms with Gasteiger partial charge >= 0.3 is 0 Å². The summed E-state index contributed by atoms with van der Waals surface area (Å²) in [5, 5.41) is 3.88. The van der Waals surface area contributed by atoms with Crippen LogP contribution < -0.4 is 10.1 Å². The number of morpholine rings is 1. The van der Waals surface area contributed by atoms with E-state index in [1.54, 1.807) is 0 Å². The van der Waals surface area contributed by atoms with Gasteiger partial charge in [0.1, 0.15) is 17.9 Å². The van der Waals surface area contributed by atoms with Gasteiger partial charge in [-0.2, -0.15) is 0 Å². The zero-order valence-corrected chi connectivity index (χ0v) is 18.5. The molecule has 1 aliphatic rings. The molecule has 1 aliphatic heterocycles. The minimum Gasteiger partial charge on any atom is -0.492 e. The third kappa shape index (κ3) is 5.03. The van der Waals surface area contributed by atoms with E-state index >= 15 is 0 Å². The Morgan fingerprint density at radius 2 is 2.03 bits per heavy atom. The molecule has 1 fully saturated rings. The molecule has 1 amide bonds. The molecule has 0 saturated carbocycles. The fraction of sp³-hybridized carbons (Fsp3) is 0.348. The molecule has 2 heterocycles. The molecule has 3 aromatic rings. The van der Waals surface area contributed by atoms with Gasteiger partial charge in [-0.3, -0.25) is 9.69 Å². The topological polar surface area (TPSA) is 63.9 Å². The number of benzene rings is 2. The number of carbonyl (C=O) groups excluding carboxylic acids is 1. The number of fused-ring (bicyclic) bond motifs is 1. The number of aryl methyl sites for hydroxylation is 1. The molecule has 4 rings (SSSR count). The van der Waals surface area contributed by atoms with Crippen LogP contribution in [0.3, 0.4) is 0 Å². The minimum atomic E-state index is -0.224. The average molecular weight is 473 g/mol. The maximum absolute atomic E-state index is 12.7. The molecule has 2 aromatic carbocycles. The monoisotopic (exact) mass is 472 g/mol. The summed E-state index contributed by atoms with van der Waals surface area (Å²) in [6, 6.07) is 13.5. The summed E-state index contributed by atoms with van der Waals surface area (Å²) in [7, 11) is 0. The maximum Gasteiger partial charge on any atom is 0.287 e. The number of hydrogen-bond donors (Lipinski definition) is 1. The molecular weight excluding hydrogens is 448 g/mol. The van der Waals surface area contributed by atoms with Crippen LogP contribution in [-0.2, 0) is 11.3 Å². The lowest BCUT2D eigenvalue weighted by Gasteiger charge is -2.26. The van der Waals surface area contributed by atoms with Gasteiger partial charge in [-0.1, -0.05) is 28.1 Å². The van der Waals surface area contributed by atoms with Gasteiger partial charge in [-0.25, -0.2) is 0 Å². The maximum atomic E-state index is 12.7. The van der Waals surface area contributed by atoms with Crippen molar-refractivity contribution < 1.29 is 18.7 Å². The second-order valence-corrected chi connectivity index (χ2v) is 8.24. The average Bonchev–Trinajstić information content (AvgIpc) is 3.09. The second-order valence-electron chi connectivity index (χ2n) is 7.33. The van der Waals surface area contributed by atoms with Gasteiger partial charge in [-0.15, -0.1) is 0 Å². The third-order valence-corrected chi connectivity index (χ3v) is 5.73. The molecule has 0 unspecified atom stereocenters. The molecular formula is C23H25BrN2O4. The molecule has 30 heavy (non-hydrogen) atoms. The molecule has 158 valence electrons. The van der Waals surface area contributed by atoms with Crippen LogP contribution in [-0.4, -0.2) is 50.3 Å². The predicted octanol–water partition coefficient (Wildman–Crippen LogP) is 4.14. The quantitative estimate of drug-likeness (QED) is 0.559. The summed E-state index contributed by atoms with van der Waals surface area (Å²) in [6.45, 7) is 7.29. The smallest absolute Gasteiger partial charge is 0.287 e. The summed E-state index contributed by atoms with van der Waals surface area (Å²) in [6.07, 6.45) is 0. The van der Waals surface area contributed by atoms with Gasteiger partial charge in [0.2, 0.25) is 0 Å². The van der Waals surface area contributed by atoms with Crippen LogP contribution in [0.15, 0.2) is 51.4 Å². The van der Waals surface area contributed by atoms with Crippen LogP contribution in [0, 0.1) is 6.92 Å². The number of ether oxygens (including phenoxy) is 2. The SMILES string of the molecule is Cc1c(C(=O)NCc2cccc(OCCN3CCOCC3)c2)oc2ccc(Br)cc12. The lowest BCUT2D eigenvalue weighted by Crippen LogP contribution is -2.38. The normalized spacial score (nSPS) is 14.7. The molecule has 7 heteroatoms. The van der Waals surface area contributed by atoms with Crippen molar-refractivity contribution in [1.29, 1.82) is 0 Å². The Kier molecular flexibility index (Phi) is 6.72. The van der Waals surface area contributed by atoms with Gasteiger partial charge < -0.3 is 19.2 Å². The molecule has 6 nitrogen and oxygen atoms in total. The first-order valence-electron chi connectivity index (χ1n) is 10.1. The Hall–Kier alpha value is -2.35. The summed E-state index contributed by atoms with van der Waals surface area (Å²) in [5.41, 5.74) is 2.52. The summed E-state index contributed by atoms with van der Waals surface area (Å²) in [4.78, 5) is 15.0. The number of rotatable bonds is 7. The number of halogens is 1. The van der Waals surface area contributed by atoms with Crippen molar-refractivity contribution >= 4 is 32.8 Å². The lowest BCUT2D eigenvalue weighted by atomic mass is 10.1. The van der Waals surface area contributed by atoms with E-state index in [4.69, 9.17) is 13.9 Å². The Labute approximate surface area is 184 Å². The van der Waals surface area contributed by atoms with E-state index in [-0.39, 0.29) is 5.91 Å². The van der Waals surface area contributed by atoms with Crippen molar-refractivity contribution in [2.45, 2.75) is 13.5 Å². The largest absolute Gasteiger partial charge is 0.492 e. The Bertz CT molecular complexity index is 1030. The van der Waals surface area contributed by atoms with Crippen molar-refractivity contribution in [1.82, 2.24) is 10.2 Å². The van der Waals surface area contributed by atoms with Crippen molar-refractivity contribution in [3.63, 3.8) is 0 Å². The van der Waals surface area contributed by atoms with Crippen molar-refractivity contribution in [2.75, 3.05) is 39.5 Å². The van der Waals surface area contributed by atoms with Gasteiger partial charge in [0.25, 0.3) is 5.91 Å². The van der Waals surface area contributed by atoms with E-state index in [2.05, 4.69) is 26.1 Å².